The van der Waals surface area contributed by atoms with Crippen molar-refractivity contribution in [3.8, 4) is 0 Å². The molecule has 7 heteroatoms. The molecular formula is C12H15ClFNO3S. The van der Waals surface area contributed by atoms with E-state index in [9.17, 15) is 13.4 Å². The maximum absolute atomic E-state index is 12.2. The van der Waals surface area contributed by atoms with Gasteiger partial charge in [0.1, 0.15) is 21.9 Å². The van der Waals surface area contributed by atoms with Crippen molar-refractivity contribution in [1.82, 2.24) is 5.32 Å². The number of rotatable bonds is 2. The van der Waals surface area contributed by atoms with E-state index in [0.29, 0.717) is 10.9 Å². The van der Waals surface area contributed by atoms with Crippen molar-refractivity contribution in [3.05, 3.63) is 30.1 Å². The van der Waals surface area contributed by atoms with E-state index < -0.39 is 10.0 Å². The van der Waals surface area contributed by atoms with Gasteiger partial charge in [0.15, 0.2) is 0 Å². The first-order valence-electron chi connectivity index (χ1n) is 5.61. The standard InChI is InChI=1S/C6H4ClFOS.C6H11NO2/c7-10(9)6-3-1-5(8)2-4-6;1-4-3-5(7-4)6(8)9-2/h1-4H;4-5,7H,3H2,1-2H3. The van der Waals surface area contributed by atoms with Crippen LogP contribution in [0.4, 0.5) is 4.39 Å². The molecule has 106 valence electrons. The third-order valence-corrected chi connectivity index (χ3v) is 3.74. The molecule has 4 nitrogen and oxygen atoms in total. The smallest absolute Gasteiger partial charge is 0.322 e. The van der Waals surface area contributed by atoms with Gasteiger partial charge in [-0.05, 0) is 48.3 Å². The molecule has 0 radical (unpaired) electrons. The molecule has 0 aromatic heterocycles. The zero-order valence-electron chi connectivity index (χ0n) is 10.6. The summed E-state index contributed by atoms with van der Waals surface area (Å²) in [7, 11) is 5.08. The van der Waals surface area contributed by atoms with Crippen LogP contribution < -0.4 is 5.32 Å². The number of nitrogens with one attached hydrogen (secondary N) is 1. The highest BCUT2D eigenvalue weighted by molar-refractivity contribution is 8.08. The summed E-state index contributed by atoms with van der Waals surface area (Å²) >= 11 is 0. The Bertz CT molecular complexity index is 449. The molecule has 19 heavy (non-hydrogen) atoms. The molecule has 1 aromatic rings. The first kappa shape index (κ1) is 16.1. The lowest BCUT2D eigenvalue weighted by Gasteiger charge is -2.32. The van der Waals surface area contributed by atoms with Crippen molar-refractivity contribution in [2.24, 2.45) is 0 Å². The maximum atomic E-state index is 12.2. The third kappa shape index (κ3) is 5.26. The predicted molar refractivity (Wildman–Crippen MR) is 71.7 cm³/mol. The molecule has 0 bridgehead atoms. The van der Waals surface area contributed by atoms with Gasteiger partial charge < -0.3 is 10.1 Å². The van der Waals surface area contributed by atoms with Crippen molar-refractivity contribution in [2.75, 3.05) is 7.11 Å². The summed E-state index contributed by atoms with van der Waals surface area (Å²) in [6.45, 7) is 2.04. The normalized spacial score (nSPS) is 22.5. The third-order valence-electron chi connectivity index (χ3n) is 2.56. The van der Waals surface area contributed by atoms with Crippen LogP contribution in [0.1, 0.15) is 13.3 Å². The van der Waals surface area contributed by atoms with Crippen LogP contribution in [-0.4, -0.2) is 29.4 Å². The second-order valence-corrected chi connectivity index (χ2v) is 5.82. The SMILES string of the molecule is COC(=O)C1CC(C)N1.O=S(Cl)c1ccc(F)cc1. The van der Waals surface area contributed by atoms with Crippen LogP contribution in [0.5, 0.6) is 0 Å². The molecular weight excluding hydrogens is 293 g/mol. The van der Waals surface area contributed by atoms with Crippen LogP contribution in [-0.2, 0) is 19.5 Å². The Hall–Kier alpha value is -0.980. The van der Waals surface area contributed by atoms with Crippen LogP contribution >= 0.6 is 10.7 Å². The summed E-state index contributed by atoms with van der Waals surface area (Å²) in [6.07, 6.45) is 0.909. The largest absolute Gasteiger partial charge is 0.468 e. The van der Waals surface area contributed by atoms with Gasteiger partial charge in [0.05, 0.1) is 12.0 Å². The number of benzene rings is 1. The zero-order chi connectivity index (χ0) is 14.4. The average molecular weight is 308 g/mol. The second kappa shape index (κ2) is 7.57. The van der Waals surface area contributed by atoms with Crippen molar-refractivity contribution >= 4 is 26.7 Å². The number of hydrogen-bond donors (Lipinski definition) is 1. The molecule has 3 atom stereocenters. The number of hydrogen-bond acceptors (Lipinski definition) is 4. The van der Waals surface area contributed by atoms with E-state index in [2.05, 4.69) is 10.1 Å². The van der Waals surface area contributed by atoms with Gasteiger partial charge in [-0.15, -0.1) is 0 Å². The Labute approximate surface area is 118 Å². The monoisotopic (exact) mass is 307 g/mol. The highest BCUT2D eigenvalue weighted by Crippen LogP contribution is 2.11. The molecule has 1 N–H and O–H groups in total. The van der Waals surface area contributed by atoms with Gasteiger partial charge >= 0.3 is 5.97 Å². The Kier molecular flexibility index (Phi) is 6.41. The van der Waals surface area contributed by atoms with Gasteiger partial charge in [0, 0.05) is 6.04 Å². The van der Waals surface area contributed by atoms with Crippen molar-refractivity contribution in [1.29, 1.82) is 0 Å². The van der Waals surface area contributed by atoms with Gasteiger partial charge in [0.2, 0.25) is 0 Å². The molecule has 3 unspecified atom stereocenters. The number of esters is 1. The summed E-state index contributed by atoms with van der Waals surface area (Å²) in [5, 5.41) is 3.02. The number of carbonyl (C=O) groups excluding carboxylic acids is 1. The molecule has 1 aromatic carbocycles. The van der Waals surface area contributed by atoms with E-state index in [1.54, 1.807) is 0 Å². The molecule has 1 aliphatic heterocycles. The van der Waals surface area contributed by atoms with Crippen LogP contribution in [0.2, 0.25) is 0 Å². The Morgan fingerprint density at radius 2 is 2.00 bits per heavy atom. The van der Waals surface area contributed by atoms with E-state index in [1.807, 2.05) is 6.92 Å². The van der Waals surface area contributed by atoms with Crippen molar-refractivity contribution in [2.45, 2.75) is 30.3 Å². The minimum Gasteiger partial charge on any atom is -0.468 e. The topological polar surface area (TPSA) is 55.4 Å². The quantitative estimate of drug-likeness (QED) is 0.671. The summed E-state index contributed by atoms with van der Waals surface area (Å²) in [6, 6.07) is 5.65. The molecule has 0 saturated carbocycles. The summed E-state index contributed by atoms with van der Waals surface area (Å²) < 4.78 is 27.2. The second-order valence-electron chi connectivity index (χ2n) is 4.06. The molecule has 1 aliphatic rings. The predicted octanol–water partition coefficient (Wildman–Crippen LogP) is 2.00. The van der Waals surface area contributed by atoms with E-state index >= 15 is 0 Å². The lowest BCUT2D eigenvalue weighted by Crippen LogP contribution is -2.55. The molecule has 2 rings (SSSR count). The van der Waals surface area contributed by atoms with E-state index in [0.717, 1.165) is 6.42 Å². The zero-order valence-corrected chi connectivity index (χ0v) is 12.1. The number of carbonyl (C=O) groups is 1. The van der Waals surface area contributed by atoms with Crippen molar-refractivity contribution in [3.63, 3.8) is 0 Å². The first-order valence-corrected chi connectivity index (χ1v) is 7.59. The number of methoxy groups -OCH3 is 1. The van der Waals surface area contributed by atoms with Gasteiger partial charge in [-0.3, -0.25) is 4.79 Å². The van der Waals surface area contributed by atoms with Gasteiger partial charge in [-0.1, -0.05) is 0 Å². The molecule has 1 heterocycles. The van der Waals surface area contributed by atoms with Crippen molar-refractivity contribution < 1.29 is 18.1 Å². The van der Waals surface area contributed by atoms with Gasteiger partial charge in [0.25, 0.3) is 0 Å². The van der Waals surface area contributed by atoms with E-state index in [1.165, 1.54) is 31.4 Å². The number of ether oxygens (including phenoxy) is 1. The highest BCUT2D eigenvalue weighted by atomic mass is 35.7. The average Bonchev–Trinajstić information content (AvgIpc) is 2.35. The van der Waals surface area contributed by atoms with Gasteiger partial charge in [-0.25, -0.2) is 8.60 Å². The summed E-state index contributed by atoms with van der Waals surface area (Å²) in [5.74, 6) is -0.501. The van der Waals surface area contributed by atoms with E-state index in [4.69, 9.17) is 10.7 Å². The van der Waals surface area contributed by atoms with Gasteiger partial charge in [-0.2, -0.15) is 0 Å². The molecule has 1 saturated heterocycles. The lowest BCUT2D eigenvalue weighted by molar-refractivity contribution is -0.145. The Morgan fingerprint density at radius 3 is 2.37 bits per heavy atom. The van der Waals surface area contributed by atoms with Crippen LogP contribution in [0, 0.1) is 5.82 Å². The lowest BCUT2D eigenvalue weighted by atomic mass is 9.99. The summed E-state index contributed by atoms with van der Waals surface area (Å²) in [5.41, 5.74) is 0. The maximum Gasteiger partial charge on any atom is 0.322 e. The van der Waals surface area contributed by atoms with Crippen LogP contribution in [0.25, 0.3) is 0 Å². The fourth-order valence-electron chi connectivity index (χ4n) is 1.52. The number of halogens is 2. The molecule has 0 amide bonds. The van der Waals surface area contributed by atoms with Crippen LogP contribution in [0.15, 0.2) is 29.2 Å². The summed E-state index contributed by atoms with van der Waals surface area (Å²) in [4.78, 5) is 11.1. The Morgan fingerprint density at radius 1 is 1.47 bits per heavy atom. The Balaban J connectivity index is 0.000000191. The molecule has 0 aliphatic carbocycles. The molecule has 0 spiro atoms. The first-order chi connectivity index (χ1) is 8.93. The minimum absolute atomic E-state index is 0.0370. The molecule has 1 fully saturated rings. The van der Waals surface area contributed by atoms with Crippen LogP contribution in [0.3, 0.4) is 0 Å². The fraction of sp³-hybridized carbons (Fsp3) is 0.417. The minimum atomic E-state index is -1.53. The fourth-order valence-corrected chi connectivity index (χ4v) is 2.18. The highest BCUT2D eigenvalue weighted by Gasteiger charge is 2.30. The van der Waals surface area contributed by atoms with E-state index in [-0.39, 0.29) is 17.8 Å².